The van der Waals surface area contributed by atoms with Crippen molar-refractivity contribution in [2.24, 2.45) is 10.8 Å². The van der Waals surface area contributed by atoms with Crippen molar-refractivity contribution >= 4 is 23.7 Å². The highest BCUT2D eigenvalue weighted by Crippen LogP contribution is 2.13. The molecule has 0 bridgehead atoms. The van der Waals surface area contributed by atoms with Crippen LogP contribution in [-0.4, -0.2) is 31.6 Å². The molecule has 0 atom stereocenters. The second kappa shape index (κ2) is 7.53. The number of amides is 2. The minimum atomic E-state index is -1.09. The van der Waals surface area contributed by atoms with Gasteiger partial charge >= 0.3 is 11.8 Å². The lowest BCUT2D eigenvalue weighted by Gasteiger charge is -2.17. The van der Waals surface area contributed by atoms with Crippen molar-refractivity contribution in [2.45, 2.75) is 6.42 Å². The first-order chi connectivity index (χ1) is 9.54. The molecule has 1 aromatic carbocycles. The van der Waals surface area contributed by atoms with E-state index in [1.54, 1.807) is 12.1 Å². The van der Waals surface area contributed by atoms with Crippen LogP contribution in [0.5, 0.6) is 0 Å². The summed E-state index contributed by atoms with van der Waals surface area (Å²) in [7, 11) is 1.90. The third-order valence-corrected chi connectivity index (χ3v) is 2.50. The normalized spacial score (nSPS) is 10.0. The van der Waals surface area contributed by atoms with Crippen LogP contribution in [0.2, 0.25) is 0 Å². The van der Waals surface area contributed by atoms with E-state index in [9.17, 15) is 9.59 Å². The van der Waals surface area contributed by atoms with Crippen LogP contribution in [0.4, 0.5) is 5.69 Å². The predicted molar refractivity (Wildman–Crippen MR) is 74.9 cm³/mol. The second-order valence-electron chi connectivity index (χ2n) is 3.98. The van der Waals surface area contributed by atoms with Gasteiger partial charge in [-0.25, -0.2) is 5.43 Å². The summed E-state index contributed by atoms with van der Waals surface area (Å²) in [5, 5.41) is 12.1. The van der Waals surface area contributed by atoms with Crippen LogP contribution in [0, 0.1) is 11.3 Å². The molecule has 3 N–H and O–H groups in total. The van der Waals surface area contributed by atoms with Crippen LogP contribution in [0.1, 0.15) is 12.0 Å². The summed E-state index contributed by atoms with van der Waals surface area (Å²) in [4.78, 5) is 23.3. The highest BCUT2D eigenvalue weighted by molar-refractivity contribution is 6.34. The van der Waals surface area contributed by atoms with E-state index < -0.39 is 11.8 Å². The van der Waals surface area contributed by atoms with Crippen LogP contribution < -0.4 is 16.1 Å². The van der Waals surface area contributed by atoms with E-state index in [2.05, 4.69) is 11.2 Å². The molecule has 0 saturated carbocycles. The first-order valence-corrected chi connectivity index (χ1v) is 5.85. The number of nitrogens with two attached hydrogens (primary N) is 1. The second-order valence-corrected chi connectivity index (χ2v) is 3.98. The molecule has 0 aliphatic rings. The van der Waals surface area contributed by atoms with E-state index in [0.29, 0.717) is 13.0 Å². The Hall–Kier alpha value is -2.88. The SMILES string of the molecule is CN(CCC#N)c1ccc(/C=N\NC(=O)C(N)=O)cc1. The largest absolute Gasteiger partial charge is 0.374 e. The van der Waals surface area contributed by atoms with Crippen LogP contribution >= 0.6 is 0 Å². The summed E-state index contributed by atoms with van der Waals surface area (Å²) in [5.41, 5.74) is 8.49. The monoisotopic (exact) mass is 273 g/mol. The van der Waals surface area contributed by atoms with Gasteiger partial charge in [0.1, 0.15) is 0 Å². The standard InChI is InChI=1S/C13H15N5O2/c1-18(8-2-7-14)11-5-3-10(4-6-11)9-16-17-13(20)12(15)19/h3-6,9H,2,8H2,1H3,(H2,15,19)(H,17,20)/b16-9-. The molecule has 0 saturated heterocycles. The number of hydrazone groups is 1. The molecule has 104 valence electrons. The lowest BCUT2D eigenvalue weighted by Crippen LogP contribution is -2.32. The van der Waals surface area contributed by atoms with Gasteiger partial charge in [-0.3, -0.25) is 9.59 Å². The van der Waals surface area contributed by atoms with Gasteiger partial charge in [0.25, 0.3) is 0 Å². The van der Waals surface area contributed by atoms with Gasteiger partial charge in [-0.2, -0.15) is 10.4 Å². The summed E-state index contributed by atoms with van der Waals surface area (Å²) in [6.45, 7) is 0.651. The number of carbonyl (C=O) groups excluding carboxylic acids is 2. The molecule has 2 amide bonds. The van der Waals surface area contributed by atoms with Crippen molar-refractivity contribution in [1.29, 1.82) is 5.26 Å². The van der Waals surface area contributed by atoms with E-state index in [1.807, 2.05) is 29.5 Å². The van der Waals surface area contributed by atoms with Crippen molar-refractivity contribution < 1.29 is 9.59 Å². The highest BCUT2D eigenvalue weighted by Gasteiger charge is 2.05. The van der Waals surface area contributed by atoms with Crippen molar-refractivity contribution in [3.63, 3.8) is 0 Å². The van der Waals surface area contributed by atoms with Crippen LogP contribution in [0.25, 0.3) is 0 Å². The first-order valence-electron chi connectivity index (χ1n) is 5.85. The summed E-state index contributed by atoms with van der Waals surface area (Å²) in [6.07, 6.45) is 1.86. The molecular formula is C13H15N5O2. The Morgan fingerprint density at radius 1 is 1.45 bits per heavy atom. The molecule has 0 aliphatic heterocycles. The van der Waals surface area contributed by atoms with E-state index in [4.69, 9.17) is 11.0 Å². The Bertz CT molecular complexity index is 545. The highest BCUT2D eigenvalue weighted by atomic mass is 16.2. The molecule has 1 rings (SSSR count). The Labute approximate surface area is 116 Å². The third-order valence-electron chi connectivity index (χ3n) is 2.50. The van der Waals surface area contributed by atoms with E-state index in [-0.39, 0.29) is 0 Å². The summed E-state index contributed by atoms with van der Waals surface area (Å²) in [5.74, 6) is -2.05. The maximum absolute atomic E-state index is 10.8. The lowest BCUT2D eigenvalue weighted by molar-refractivity contribution is -0.137. The average Bonchev–Trinajstić information content (AvgIpc) is 2.45. The number of rotatable bonds is 5. The zero-order valence-corrected chi connectivity index (χ0v) is 11.0. The maximum atomic E-state index is 10.8. The number of carbonyl (C=O) groups is 2. The number of nitrogens with zero attached hydrogens (tertiary/aromatic N) is 3. The number of primary amides is 1. The van der Waals surface area contributed by atoms with Gasteiger partial charge in [0.05, 0.1) is 18.7 Å². The van der Waals surface area contributed by atoms with Crippen LogP contribution in [0.15, 0.2) is 29.4 Å². The molecule has 7 heteroatoms. The van der Waals surface area contributed by atoms with Crippen molar-refractivity contribution in [3.8, 4) is 6.07 Å². The van der Waals surface area contributed by atoms with Gasteiger partial charge in [0, 0.05) is 19.3 Å². The number of nitrogens with one attached hydrogen (secondary N) is 1. The Morgan fingerprint density at radius 3 is 2.65 bits per heavy atom. The number of hydrogen-bond acceptors (Lipinski definition) is 5. The van der Waals surface area contributed by atoms with Gasteiger partial charge in [-0.1, -0.05) is 12.1 Å². The smallest absolute Gasteiger partial charge is 0.329 e. The van der Waals surface area contributed by atoms with Crippen LogP contribution in [-0.2, 0) is 9.59 Å². The molecular weight excluding hydrogens is 258 g/mol. The summed E-state index contributed by atoms with van der Waals surface area (Å²) in [6, 6.07) is 9.43. The number of benzene rings is 1. The predicted octanol–water partition coefficient (Wildman–Crippen LogP) is -0.0281. The van der Waals surface area contributed by atoms with E-state index in [1.165, 1.54) is 6.21 Å². The topological polar surface area (TPSA) is 112 Å². The Balaban J connectivity index is 2.58. The molecule has 0 unspecified atom stereocenters. The summed E-state index contributed by atoms with van der Waals surface area (Å²) < 4.78 is 0. The first kappa shape index (κ1) is 15.2. The fourth-order valence-electron chi connectivity index (χ4n) is 1.38. The van der Waals surface area contributed by atoms with E-state index in [0.717, 1.165) is 11.3 Å². The molecule has 0 radical (unpaired) electrons. The van der Waals surface area contributed by atoms with Gasteiger partial charge in [-0.05, 0) is 17.7 Å². The average molecular weight is 273 g/mol. The van der Waals surface area contributed by atoms with Gasteiger partial charge in [-0.15, -0.1) is 0 Å². The summed E-state index contributed by atoms with van der Waals surface area (Å²) >= 11 is 0. The van der Waals surface area contributed by atoms with Crippen molar-refractivity contribution in [2.75, 3.05) is 18.5 Å². The fraction of sp³-hybridized carbons (Fsp3) is 0.231. The number of anilines is 1. The van der Waals surface area contributed by atoms with Gasteiger partial charge in [0.2, 0.25) is 0 Å². The zero-order valence-electron chi connectivity index (χ0n) is 11.0. The number of hydrogen-bond donors (Lipinski definition) is 2. The molecule has 20 heavy (non-hydrogen) atoms. The molecule has 0 aromatic heterocycles. The minimum absolute atomic E-state index is 0.457. The third kappa shape index (κ3) is 4.78. The molecule has 0 heterocycles. The molecule has 0 aliphatic carbocycles. The quantitative estimate of drug-likeness (QED) is 0.445. The minimum Gasteiger partial charge on any atom is -0.374 e. The Kier molecular flexibility index (Phi) is 5.72. The van der Waals surface area contributed by atoms with E-state index >= 15 is 0 Å². The zero-order chi connectivity index (χ0) is 15.0. The Morgan fingerprint density at radius 2 is 2.10 bits per heavy atom. The van der Waals surface area contributed by atoms with Gasteiger partial charge < -0.3 is 10.6 Å². The number of nitriles is 1. The molecule has 7 nitrogen and oxygen atoms in total. The van der Waals surface area contributed by atoms with Crippen molar-refractivity contribution in [1.82, 2.24) is 5.43 Å². The maximum Gasteiger partial charge on any atom is 0.329 e. The molecule has 0 fully saturated rings. The fourth-order valence-corrected chi connectivity index (χ4v) is 1.38. The van der Waals surface area contributed by atoms with Crippen LogP contribution in [0.3, 0.4) is 0 Å². The molecule has 1 aromatic rings. The lowest BCUT2D eigenvalue weighted by atomic mass is 10.2. The molecule has 0 spiro atoms. The van der Waals surface area contributed by atoms with Crippen molar-refractivity contribution in [3.05, 3.63) is 29.8 Å². The van der Waals surface area contributed by atoms with Gasteiger partial charge in [0.15, 0.2) is 0 Å².